The van der Waals surface area contributed by atoms with Crippen molar-refractivity contribution in [1.82, 2.24) is 14.9 Å². The van der Waals surface area contributed by atoms with Crippen LogP contribution in [0.15, 0.2) is 71.6 Å². The fourth-order valence-corrected chi connectivity index (χ4v) is 6.67. The van der Waals surface area contributed by atoms with Crippen LogP contribution in [0.25, 0.3) is 0 Å². The number of piperazine rings is 1. The van der Waals surface area contributed by atoms with E-state index >= 15 is 0 Å². The van der Waals surface area contributed by atoms with Crippen LogP contribution in [-0.4, -0.2) is 47.0 Å². The second-order valence-corrected chi connectivity index (χ2v) is 10.4. The smallest absolute Gasteiger partial charge is 0.291 e. The van der Waals surface area contributed by atoms with Crippen LogP contribution in [0, 0.1) is 0 Å². The first-order valence-electron chi connectivity index (χ1n) is 12.6. The number of thiophene rings is 1. The summed E-state index contributed by atoms with van der Waals surface area (Å²) in [6, 6.07) is 15.6. The Morgan fingerprint density at radius 3 is 2.47 bits per heavy atom. The molecular weight excluding hydrogens is 470 g/mol. The summed E-state index contributed by atoms with van der Waals surface area (Å²) >= 11 is 1.72. The average Bonchev–Trinajstić information content (AvgIpc) is 3.60. The van der Waals surface area contributed by atoms with Gasteiger partial charge in [0.15, 0.2) is 5.76 Å². The first kappa shape index (κ1) is 22.9. The maximum atomic E-state index is 13.0. The highest BCUT2D eigenvalue weighted by Gasteiger charge is 2.34. The lowest BCUT2D eigenvalue weighted by Crippen LogP contribution is -2.48. The van der Waals surface area contributed by atoms with E-state index in [0.717, 1.165) is 55.5 Å². The van der Waals surface area contributed by atoms with Crippen molar-refractivity contribution in [3.63, 3.8) is 0 Å². The highest BCUT2D eigenvalue weighted by molar-refractivity contribution is 7.16. The number of pyridine rings is 2. The molecule has 6 rings (SSSR count). The summed E-state index contributed by atoms with van der Waals surface area (Å²) in [4.78, 5) is 28.6. The van der Waals surface area contributed by atoms with Crippen LogP contribution in [0.2, 0.25) is 0 Å². The van der Waals surface area contributed by atoms with Crippen molar-refractivity contribution >= 4 is 28.1 Å². The summed E-state index contributed by atoms with van der Waals surface area (Å²) in [6.07, 6.45) is 9.71. The fraction of sp³-hybridized carbons (Fsp3) is 0.321. The molecule has 1 aliphatic heterocycles. The standard InChI is InChI=1S/C28H29N5O2S/c34-27(22-10-7-19-35-22)31-28-25(20-8-1-2-11-23(20)36-28)26(21-9-3-5-13-29-21)33-17-15-32(16-18-33)24-12-4-6-14-30-24/h3-7,9-10,12-14,19,26H,1-2,8,11,15-18H2,(H,31,34). The molecule has 1 atom stereocenters. The van der Waals surface area contributed by atoms with Crippen LogP contribution in [0.4, 0.5) is 10.8 Å². The monoisotopic (exact) mass is 499 g/mol. The van der Waals surface area contributed by atoms with Crippen molar-refractivity contribution in [3.8, 4) is 0 Å². The predicted molar refractivity (Wildman–Crippen MR) is 142 cm³/mol. The summed E-state index contributed by atoms with van der Waals surface area (Å²) < 4.78 is 5.38. The highest BCUT2D eigenvalue weighted by atomic mass is 32.1. The summed E-state index contributed by atoms with van der Waals surface area (Å²) in [7, 11) is 0. The van der Waals surface area contributed by atoms with Gasteiger partial charge in [-0.3, -0.25) is 14.7 Å². The van der Waals surface area contributed by atoms with Gasteiger partial charge in [-0.15, -0.1) is 11.3 Å². The molecule has 0 saturated carbocycles. The molecule has 8 heteroatoms. The number of nitrogens with zero attached hydrogens (tertiary/aromatic N) is 4. The number of carbonyl (C=O) groups excluding carboxylic acids is 1. The van der Waals surface area contributed by atoms with Gasteiger partial charge in [-0.05, 0) is 67.6 Å². The molecule has 184 valence electrons. The van der Waals surface area contributed by atoms with E-state index in [4.69, 9.17) is 9.40 Å². The van der Waals surface area contributed by atoms with E-state index in [9.17, 15) is 4.79 Å². The molecule has 7 nitrogen and oxygen atoms in total. The quantitative estimate of drug-likeness (QED) is 0.394. The first-order chi connectivity index (χ1) is 17.8. The van der Waals surface area contributed by atoms with Gasteiger partial charge in [0.05, 0.1) is 18.0 Å². The third kappa shape index (κ3) is 4.54. The van der Waals surface area contributed by atoms with Gasteiger partial charge < -0.3 is 14.6 Å². The largest absolute Gasteiger partial charge is 0.459 e. The topological polar surface area (TPSA) is 74.5 Å². The Morgan fingerprint density at radius 2 is 1.75 bits per heavy atom. The summed E-state index contributed by atoms with van der Waals surface area (Å²) in [5, 5.41) is 4.13. The van der Waals surface area contributed by atoms with Crippen molar-refractivity contribution in [2.24, 2.45) is 0 Å². The molecule has 1 unspecified atom stereocenters. The van der Waals surface area contributed by atoms with E-state index in [2.05, 4.69) is 38.3 Å². The Labute approximate surface area is 214 Å². The number of rotatable bonds is 6. The molecule has 1 saturated heterocycles. The third-order valence-electron chi connectivity index (χ3n) is 7.08. The number of hydrogen-bond acceptors (Lipinski definition) is 7. The van der Waals surface area contributed by atoms with Crippen molar-refractivity contribution < 1.29 is 9.21 Å². The van der Waals surface area contributed by atoms with E-state index in [1.165, 1.54) is 35.1 Å². The van der Waals surface area contributed by atoms with Crippen molar-refractivity contribution in [1.29, 1.82) is 0 Å². The third-order valence-corrected chi connectivity index (χ3v) is 8.30. The molecule has 4 aromatic rings. The number of fused-ring (bicyclic) bond motifs is 1. The predicted octanol–water partition coefficient (Wildman–Crippen LogP) is 5.17. The van der Waals surface area contributed by atoms with Crippen molar-refractivity contribution in [2.45, 2.75) is 31.7 Å². The van der Waals surface area contributed by atoms with Crippen LogP contribution >= 0.6 is 11.3 Å². The molecule has 0 bridgehead atoms. The molecule has 36 heavy (non-hydrogen) atoms. The number of hydrogen-bond donors (Lipinski definition) is 1. The van der Waals surface area contributed by atoms with Gasteiger partial charge in [0.2, 0.25) is 0 Å². The number of amides is 1. The first-order valence-corrected chi connectivity index (χ1v) is 13.4. The number of nitrogens with one attached hydrogen (secondary N) is 1. The maximum Gasteiger partial charge on any atom is 0.291 e. The molecular formula is C28H29N5O2S. The minimum absolute atomic E-state index is 0.0258. The Kier molecular flexibility index (Phi) is 6.53. The minimum Gasteiger partial charge on any atom is -0.459 e. The number of aromatic nitrogens is 2. The minimum atomic E-state index is -0.209. The van der Waals surface area contributed by atoms with E-state index in [1.54, 1.807) is 23.5 Å². The summed E-state index contributed by atoms with van der Waals surface area (Å²) in [6.45, 7) is 3.55. The number of carbonyl (C=O) groups is 1. The Balaban J connectivity index is 1.36. The molecule has 1 fully saturated rings. The number of anilines is 2. The molecule has 1 aliphatic carbocycles. The van der Waals surface area contributed by atoms with Crippen LogP contribution in [0.5, 0.6) is 0 Å². The molecule has 0 radical (unpaired) electrons. The summed E-state index contributed by atoms with van der Waals surface area (Å²) in [5.74, 6) is 1.14. The van der Waals surface area contributed by atoms with Crippen molar-refractivity contribution in [2.75, 3.05) is 36.4 Å². The van der Waals surface area contributed by atoms with Gasteiger partial charge in [0.1, 0.15) is 10.8 Å². The Bertz CT molecular complexity index is 1300. The summed E-state index contributed by atoms with van der Waals surface area (Å²) in [5.41, 5.74) is 3.62. The molecule has 4 aromatic heterocycles. The molecule has 2 aliphatic rings. The lowest BCUT2D eigenvalue weighted by Gasteiger charge is -2.40. The van der Waals surface area contributed by atoms with E-state index in [0.29, 0.717) is 5.76 Å². The molecule has 0 spiro atoms. The molecule has 5 heterocycles. The number of furan rings is 1. The van der Waals surface area contributed by atoms with Gasteiger partial charge in [-0.25, -0.2) is 4.98 Å². The van der Waals surface area contributed by atoms with Gasteiger partial charge in [-0.2, -0.15) is 0 Å². The lowest BCUT2D eigenvalue weighted by molar-refractivity contribution is 0.0996. The van der Waals surface area contributed by atoms with E-state index in [-0.39, 0.29) is 11.9 Å². The Morgan fingerprint density at radius 1 is 0.944 bits per heavy atom. The molecule has 0 aromatic carbocycles. The maximum absolute atomic E-state index is 13.0. The van der Waals surface area contributed by atoms with Gasteiger partial charge in [0.25, 0.3) is 5.91 Å². The van der Waals surface area contributed by atoms with Gasteiger partial charge in [-0.1, -0.05) is 12.1 Å². The lowest BCUT2D eigenvalue weighted by atomic mass is 9.90. The van der Waals surface area contributed by atoms with Crippen LogP contribution in [0.1, 0.15) is 51.1 Å². The SMILES string of the molecule is O=C(Nc1sc2c(c1C(c1ccccn1)N1CCN(c3ccccn3)CC1)CCCC2)c1ccco1. The van der Waals surface area contributed by atoms with Gasteiger partial charge in [0, 0.05) is 49.0 Å². The molecule has 1 amide bonds. The molecule has 1 N–H and O–H groups in total. The average molecular weight is 500 g/mol. The second kappa shape index (κ2) is 10.2. The fourth-order valence-electron chi connectivity index (χ4n) is 5.35. The van der Waals surface area contributed by atoms with Gasteiger partial charge >= 0.3 is 0 Å². The van der Waals surface area contributed by atoms with E-state index in [1.807, 2.05) is 30.6 Å². The van der Waals surface area contributed by atoms with Crippen LogP contribution in [0.3, 0.4) is 0 Å². The second-order valence-electron chi connectivity index (χ2n) is 9.25. The zero-order chi connectivity index (χ0) is 24.3. The van der Waals surface area contributed by atoms with Crippen molar-refractivity contribution in [3.05, 3.63) is 94.6 Å². The highest BCUT2D eigenvalue weighted by Crippen LogP contribution is 2.45. The zero-order valence-corrected chi connectivity index (χ0v) is 20.9. The van der Waals surface area contributed by atoms with Crippen LogP contribution < -0.4 is 10.2 Å². The number of aryl methyl sites for hydroxylation is 1. The normalized spacial score (nSPS) is 16.9. The zero-order valence-electron chi connectivity index (χ0n) is 20.1. The Hall–Kier alpha value is -3.49. The van der Waals surface area contributed by atoms with Crippen LogP contribution in [-0.2, 0) is 12.8 Å². The van der Waals surface area contributed by atoms with E-state index < -0.39 is 0 Å².